The lowest BCUT2D eigenvalue weighted by Gasteiger charge is -2.42. The van der Waals surface area contributed by atoms with Crippen LogP contribution in [-0.2, 0) is 14.4 Å². The molecule has 0 unspecified atom stereocenters. The van der Waals surface area contributed by atoms with Crippen molar-refractivity contribution in [1.29, 1.82) is 0 Å². The van der Waals surface area contributed by atoms with Crippen molar-refractivity contribution in [2.75, 3.05) is 39.3 Å². The van der Waals surface area contributed by atoms with Crippen molar-refractivity contribution in [1.82, 2.24) is 20.4 Å². The van der Waals surface area contributed by atoms with E-state index in [9.17, 15) is 19.2 Å². The van der Waals surface area contributed by atoms with Crippen LogP contribution in [0.2, 0.25) is 0 Å². The minimum Gasteiger partial charge on any atom is -0.354 e. The number of benzene rings is 1. The summed E-state index contributed by atoms with van der Waals surface area (Å²) >= 11 is 0. The van der Waals surface area contributed by atoms with Crippen LogP contribution in [0.5, 0.6) is 0 Å². The molecule has 4 rings (SSSR count). The predicted octanol–water partition coefficient (Wildman–Crippen LogP) is -1.29. The third kappa shape index (κ3) is 4.93. The number of hydrogen-bond donors (Lipinski definition) is 3. The Hall–Kier alpha value is -2.94. The second-order valence-corrected chi connectivity index (χ2v) is 8.80. The summed E-state index contributed by atoms with van der Waals surface area (Å²) in [6, 6.07) is 7.42. The van der Waals surface area contributed by atoms with Gasteiger partial charge in [0.2, 0.25) is 17.7 Å². The Morgan fingerprint density at radius 1 is 1.03 bits per heavy atom. The van der Waals surface area contributed by atoms with Gasteiger partial charge in [-0.05, 0) is 25.0 Å². The number of piperazine rings is 1. The second kappa shape index (κ2) is 10.1. The van der Waals surface area contributed by atoms with E-state index in [4.69, 9.17) is 0 Å². The van der Waals surface area contributed by atoms with Crippen molar-refractivity contribution < 1.29 is 24.5 Å². The summed E-state index contributed by atoms with van der Waals surface area (Å²) in [6.45, 7) is 3.32. The highest BCUT2D eigenvalue weighted by Crippen LogP contribution is 2.20. The van der Waals surface area contributed by atoms with Crippen LogP contribution >= 0.6 is 0 Å². The number of hydrogen-bond acceptors (Lipinski definition) is 4. The highest BCUT2D eigenvalue weighted by molar-refractivity contribution is 5.99. The Morgan fingerprint density at radius 2 is 1.78 bits per heavy atom. The van der Waals surface area contributed by atoms with Crippen molar-refractivity contribution in [3.05, 3.63) is 35.9 Å². The molecule has 4 amide bonds. The van der Waals surface area contributed by atoms with E-state index in [1.165, 1.54) is 0 Å². The Morgan fingerprint density at radius 3 is 2.50 bits per heavy atom. The summed E-state index contributed by atoms with van der Waals surface area (Å²) < 4.78 is 0. The van der Waals surface area contributed by atoms with E-state index in [1.807, 2.05) is 6.07 Å². The van der Waals surface area contributed by atoms with Crippen LogP contribution in [0.1, 0.15) is 36.0 Å². The number of nitrogens with one attached hydrogen (secondary N) is 2. The van der Waals surface area contributed by atoms with Crippen LogP contribution in [0.4, 0.5) is 0 Å². The third-order valence-electron chi connectivity index (χ3n) is 6.67. The summed E-state index contributed by atoms with van der Waals surface area (Å²) in [6.07, 6.45) is 3.03. The fraction of sp³-hybridized carbons (Fsp3) is 0.565. The lowest BCUT2D eigenvalue weighted by Crippen LogP contribution is -2.86. The summed E-state index contributed by atoms with van der Waals surface area (Å²) in [5, 5.41) is 7.81. The molecule has 0 saturated carbocycles. The Kier molecular flexibility index (Phi) is 7.04. The Bertz CT molecular complexity index is 855. The topological polar surface area (TPSA) is 115 Å². The molecule has 3 saturated heterocycles. The van der Waals surface area contributed by atoms with E-state index in [2.05, 4.69) is 16.0 Å². The van der Waals surface area contributed by atoms with E-state index in [-0.39, 0.29) is 42.6 Å². The molecule has 3 fully saturated rings. The Balaban J connectivity index is 1.51. The highest BCUT2D eigenvalue weighted by Gasteiger charge is 2.40. The summed E-state index contributed by atoms with van der Waals surface area (Å²) in [4.78, 5) is 55.0. The molecular weight excluding hydrogens is 410 g/mol. The normalized spacial score (nSPS) is 24.6. The number of rotatable bonds is 4. The van der Waals surface area contributed by atoms with Gasteiger partial charge in [-0.2, -0.15) is 0 Å². The summed E-state index contributed by atoms with van der Waals surface area (Å²) in [5.41, 5.74) is 0.503. The molecule has 0 bridgehead atoms. The van der Waals surface area contributed by atoms with Gasteiger partial charge in [0.05, 0.1) is 19.6 Å². The van der Waals surface area contributed by atoms with Crippen molar-refractivity contribution in [3.63, 3.8) is 0 Å². The first-order valence-electron chi connectivity index (χ1n) is 11.6. The smallest absolute Gasteiger partial charge is 0.254 e. The number of nitrogens with zero attached hydrogens (tertiary/aromatic N) is 2. The zero-order chi connectivity index (χ0) is 22.5. The number of quaternary nitrogens is 1. The molecule has 0 spiro atoms. The molecule has 1 aromatic carbocycles. The lowest BCUT2D eigenvalue weighted by atomic mass is 9.95. The number of piperidine rings is 2. The molecule has 172 valence electrons. The number of carbonyl (C=O) groups excluding carboxylic acids is 4. The van der Waals surface area contributed by atoms with Crippen LogP contribution in [0.25, 0.3) is 0 Å². The van der Waals surface area contributed by atoms with Crippen molar-refractivity contribution in [2.24, 2.45) is 5.92 Å². The zero-order valence-electron chi connectivity index (χ0n) is 18.3. The van der Waals surface area contributed by atoms with Crippen molar-refractivity contribution >= 4 is 23.6 Å². The number of amides is 4. The molecule has 3 aliphatic heterocycles. The molecule has 2 atom stereocenters. The molecule has 0 radical (unpaired) electrons. The van der Waals surface area contributed by atoms with E-state index in [0.717, 1.165) is 32.4 Å². The molecule has 3 heterocycles. The first-order chi connectivity index (χ1) is 15.5. The highest BCUT2D eigenvalue weighted by atomic mass is 16.2. The molecule has 32 heavy (non-hydrogen) atoms. The largest absolute Gasteiger partial charge is 0.354 e. The predicted molar refractivity (Wildman–Crippen MR) is 116 cm³/mol. The lowest BCUT2D eigenvalue weighted by molar-refractivity contribution is -0.664. The average molecular weight is 443 g/mol. The maximum atomic E-state index is 13.3. The van der Waals surface area contributed by atoms with Gasteiger partial charge < -0.3 is 25.8 Å². The quantitative estimate of drug-likeness (QED) is 0.538. The third-order valence-corrected chi connectivity index (χ3v) is 6.67. The molecule has 0 aromatic heterocycles. The maximum Gasteiger partial charge on any atom is 0.254 e. The standard InChI is InChI=1S/C23H31N5O4/c29-20-18(7-4-10-25-20)26-21(30)19-15-27(22(31)17-8-11-24-12-9-17)13-14-28(19)23(32)16-5-2-1-3-6-16/h1-3,5-6,17-19,24H,4,7-15H2,(H,25,29)(H,26,30)/p+1/t18-,19-/m0/s1. The van der Waals surface area contributed by atoms with Gasteiger partial charge in [0.25, 0.3) is 5.91 Å². The number of carbonyl (C=O) groups is 4. The summed E-state index contributed by atoms with van der Waals surface area (Å²) in [5.74, 6) is -0.779. The van der Waals surface area contributed by atoms with Crippen LogP contribution in [0.3, 0.4) is 0 Å². The fourth-order valence-corrected chi connectivity index (χ4v) is 4.81. The van der Waals surface area contributed by atoms with Gasteiger partial charge in [-0.3, -0.25) is 19.2 Å². The van der Waals surface area contributed by atoms with Gasteiger partial charge >= 0.3 is 0 Å². The van der Waals surface area contributed by atoms with Gasteiger partial charge in [-0.1, -0.05) is 18.2 Å². The fourth-order valence-electron chi connectivity index (χ4n) is 4.81. The van der Waals surface area contributed by atoms with E-state index >= 15 is 0 Å². The van der Waals surface area contributed by atoms with Gasteiger partial charge in [0.15, 0.2) is 0 Å². The number of nitrogens with two attached hydrogens (primary N) is 1. The van der Waals surface area contributed by atoms with Gasteiger partial charge in [0, 0.05) is 44.0 Å². The van der Waals surface area contributed by atoms with Crippen molar-refractivity contribution in [3.8, 4) is 0 Å². The van der Waals surface area contributed by atoms with E-state index in [0.29, 0.717) is 25.1 Å². The van der Waals surface area contributed by atoms with Crippen LogP contribution in [-0.4, -0.2) is 84.8 Å². The van der Waals surface area contributed by atoms with E-state index in [1.54, 1.807) is 34.1 Å². The van der Waals surface area contributed by atoms with Gasteiger partial charge in [-0.25, -0.2) is 0 Å². The minimum atomic E-state index is -0.828. The molecule has 3 aliphatic rings. The van der Waals surface area contributed by atoms with Crippen LogP contribution < -0.4 is 16.0 Å². The monoisotopic (exact) mass is 442 g/mol. The molecule has 9 heteroatoms. The van der Waals surface area contributed by atoms with Crippen molar-refractivity contribution in [2.45, 2.75) is 37.8 Å². The first-order valence-corrected chi connectivity index (χ1v) is 11.6. The van der Waals surface area contributed by atoms with Crippen LogP contribution in [0, 0.1) is 5.92 Å². The molecular formula is C23H32N5O4+. The SMILES string of the molecule is O=C1NCCC[C@@H]1NC(=O)[C@@H]1CN(C(=O)C2CC[NH2+]CC2)CCN1C(=O)c1ccccc1. The Labute approximate surface area is 187 Å². The maximum absolute atomic E-state index is 13.3. The average Bonchev–Trinajstić information content (AvgIpc) is 2.85. The second-order valence-electron chi connectivity index (χ2n) is 8.80. The van der Waals surface area contributed by atoms with E-state index < -0.39 is 12.1 Å². The van der Waals surface area contributed by atoms with Gasteiger partial charge in [0.1, 0.15) is 12.1 Å². The summed E-state index contributed by atoms with van der Waals surface area (Å²) in [7, 11) is 0. The molecule has 0 aliphatic carbocycles. The molecule has 1 aromatic rings. The molecule has 4 N–H and O–H groups in total. The minimum absolute atomic E-state index is 0.0239. The first kappa shape index (κ1) is 22.3. The van der Waals surface area contributed by atoms with Gasteiger partial charge in [-0.15, -0.1) is 0 Å². The zero-order valence-corrected chi connectivity index (χ0v) is 18.3. The molecule has 9 nitrogen and oxygen atoms in total. The van der Waals surface area contributed by atoms with Crippen LogP contribution in [0.15, 0.2) is 30.3 Å².